The highest BCUT2D eigenvalue weighted by Gasteiger charge is 2.14. The molecule has 24 heavy (non-hydrogen) atoms. The number of carboxylic acid groups (broad SMARTS) is 1. The standard InChI is InChI=1S/C15H13I2N3O3S/c1-3-4-23-13-10(16)5-9(6-11(13)17)7-12(14(21)22)24-15-18-8(2)19-20-15/h3,5-7H,1,4H2,2H3,(H,21,22)(H,18,19,20)/b12-7-. The molecule has 2 N–H and O–H groups in total. The lowest BCUT2D eigenvalue weighted by Gasteiger charge is -2.10. The summed E-state index contributed by atoms with van der Waals surface area (Å²) < 4.78 is 7.42. The second-order valence-corrected chi connectivity index (χ2v) is 7.87. The highest BCUT2D eigenvalue weighted by molar-refractivity contribution is 14.1. The Kier molecular flexibility index (Phi) is 7.10. The Bertz CT molecular complexity index is 782. The average Bonchev–Trinajstić information content (AvgIpc) is 2.91. The van der Waals surface area contributed by atoms with Gasteiger partial charge in [0.2, 0.25) is 5.16 Å². The van der Waals surface area contributed by atoms with E-state index in [2.05, 4.69) is 66.9 Å². The fourth-order valence-corrected chi connectivity index (χ4v) is 4.58. The van der Waals surface area contributed by atoms with Gasteiger partial charge in [-0.15, -0.1) is 5.10 Å². The maximum Gasteiger partial charge on any atom is 0.342 e. The van der Waals surface area contributed by atoms with E-state index in [0.717, 1.165) is 30.2 Å². The Balaban J connectivity index is 2.32. The van der Waals surface area contributed by atoms with Gasteiger partial charge in [-0.3, -0.25) is 5.10 Å². The zero-order chi connectivity index (χ0) is 17.7. The molecule has 0 bridgehead atoms. The molecule has 0 spiro atoms. The lowest BCUT2D eigenvalue weighted by atomic mass is 10.2. The number of nitrogens with one attached hydrogen (secondary N) is 1. The van der Waals surface area contributed by atoms with Crippen molar-refractivity contribution < 1.29 is 14.6 Å². The summed E-state index contributed by atoms with van der Waals surface area (Å²) in [4.78, 5) is 15.8. The van der Waals surface area contributed by atoms with Crippen molar-refractivity contribution in [1.82, 2.24) is 15.2 Å². The minimum Gasteiger partial charge on any atom is -0.487 e. The van der Waals surface area contributed by atoms with Crippen LogP contribution < -0.4 is 4.74 Å². The predicted molar refractivity (Wildman–Crippen MR) is 110 cm³/mol. The Hall–Kier alpha value is -1.08. The number of benzene rings is 1. The number of aryl methyl sites for hydroxylation is 1. The van der Waals surface area contributed by atoms with Crippen LogP contribution >= 0.6 is 56.9 Å². The molecule has 2 aromatic rings. The monoisotopic (exact) mass is 569 g/mol. The zero-order valence-corrected chi connectivity index (χ0v) is 17.7. The smallest absolute Gasteiger partial charge is 0.342 e. The van der Waals surface area contributed by atoms with Crippen molar-refractivity contribution in [3.8, 4) is 5.75 Å². The number of ether oxygens (including phenoxy) is 1. The molecule has 0 radical (unpaired) electrons. The molecule has 0 fully saturated rings. The third-order valence-electron chi connectivity index (χ3n) is 2.65. The number of halogens is 2. The highest BCUT2D eigenvalue weighted by atomic mass is 127. The molecule has 6 nitrogen and oxygen atoms in total. The molecule has 0 saturated heterocycles. The van der Waals surface area contributed by atoms with Gasteiger partial charge >= 0.3 is 5.97 Å². The zero-order valence-electron chi connectivity index (χ0n) is 12.5. The van der Waals surface area contributed by atoms with Crippen LogP contribution in [0.3, 0.4) is 0 Å². The average molecular weight is 569 g/mol. The summed E-state index contributed by atoms with van der Waals surface area (Å²) in [6.07, 6.45) is 3.28. The van der Waals surface area contributed by atoms with Crippen LogP contribution in [0.2, 0.25) is 0 Å². The molecule has 0 aliphatic rings. The van der Waals surface area contributed by atoms with Gasteiger partial charge in [-0.1, -0.05) is 12.7 Å². The van der Waals surface area contributed by atoms with Gasteiger partial charge in [-0.25, -0.2) is 9.78 Å². The van der Waals surface area contributed by atoms with E-state index in [1.807, 2.05) is 12.1 Å². The van der Waals surface area contributed by atoms with Gasteiger partial charge in [0.1, 0.15) is 23.1 Å². The molecular formula is C15H13I2N3O3S. The third-order valence-corrected chi connectivity index (χ3v) is 5.13. The first-order chi connectivity index (χ1) is 11.4. The molecule has 1 aromatic heterocycles. The number of hydrogen-bond donors (Lipinski definition) is 2. The van der Waals surface area contributed by atoms with Crippen LogP contribution in [0.5, 0.6) is 5.75 Å². The van der Waals surface area contributed by atoms with Gasteiger partial charge in [0, 0.05) is 0 Å². The number of aromatic amines is 1. The number of nitrogens with zero attached hydrogens (tertiary/aromatic N) is 2. The molecule has 0 aliphatic carbocycles. The number of H-pyrrole nitrogens is 1. The first kappa shape index (κ1) is 19.2. The van der Waals surface area contributed by atoms with Crippen molar-refractivity contribution in [3.63, 3.8) is 0 Å². The number of thioether (sulfide) groups is 1. The van der Waals surface area contributed by atoms with E-state index < -0.39 is 5.97 Å². The van der Waals surface area contributed by atoms with Gasteiger partial charge in [0.05, 0.1) is 7.14 Å². The Morgan fingerprint density at radius 2 is 2.12 bits per heavy atom. The van der Waals surface area contributed by atoms with Crippen molar-refractivity contribution in [1.29, 1.82) is 0 Å². The van der Waals surface area contributed by atoms with Crippen molar-refractivity contribution >= 4 is 69.0 Å². The van der Waals surface area contributed by atoms with Crippen LogP contribution in [0.15, 0.2) is 34.8 Å². The van der Waals surface area contributed by atoms with Crippen molar-refractivity contribution in [3.05, 3.63) is 48.2 Å². The number of hydrogen-bond acceptors (Lipinski definition) is 5. The second kappa shape index (κ2) is 8.85. The van der Waals surface area contributed by atoms with Crippen LogP contribution in [0.25, 0.3) is 6.08 Å². The van der Waals surface area contributed by atoms with Crippen LogP contribution in [-0.2, 0) is 4.79 Å². The Labute approximate surface area is 170 Å². The molecule has 0 amide bonds. The minimum atomic E-state index is -1.03. The van der Waals surface area contributed by atoms with Crippen molar-refractivity contribution in [2.24, 2.45) is 0 Å². The maximum absolute atomic E-state index is 11.5. The van der Waals surface area contributed by atoms with E-state index in [9.17, 15) is 9.90 Å². The normalized spacial score (nSPS) is 11.4. The predicted octanol–water partition coefficient (Wildman–Crippen LogP) is 4.10. The molecule has 0 saturated carbocycles. The summed E-state index contributed by atoms with van der Waals surface area (Å²) in [5.41, 5.74) is 0.770. The van der Waals surface area contributed by atoms with Gasteiger partial charge in [0.25, 0.3) is 0 Å². The minimum absolute atomic E-state index is 0.139. The summed E-state index contributed by atoms with van der Waals surface area (Å²) in [7, 11) is 0. The van der Waals surface area contributed by atoms with Crippen LogP contribution in [0.4, 0.5) is 0 Å². The van der Waals surface area contributed by atoms with Gasteiger partial charge < -0.3 is 9.84 Å². The van der Waals surface area contributed by atoms with Gasteiger partial charge in [-0.05, 0) is 87.6 Å². The van der Waals surface area contributed by atoms with Crippen molar-refractivity contribution in [2.75, 3.05) is 6.61 Å². The molecular weight excluding hydrogens is 556 g/mol. The Morgan fingerprint density at radius 1 is 1.46 bits per heavy atom. The summed E-state index contributed by atoms with van der Waals surface area (Å²) >= 11 is 5.33. The quantitative estimate of drug-likeness (QED) is 0.226. The number of carbonyl (C=O) groups is 1. The first-order valence-corrected chi connectivity index (χ1v) is 9.62. The summed E-state index contributed by atoms with van der Waals surface area (Å²) in [6, 6.07) is 3.74. The van der Waals surface area contributed by atoms with E-state index in [1.54, 1.807) is 19.1 Å². The Morgan fingerprint density at radius 3 is 2.62 bits per heavy atom. The first-order valence-electron chi connectivity index (χ1n) is 6.65. The van der Waals surface area contributed by atoms with Crippen LogP contribution in [-0.4, -0.2) is 32.9 Å². The summed E-state index contributed by atoms with van der Waals surface area (Å²) in [5, 5.41) is 16.4. The molecule has 0 unspecified atom stereocenters. The van der Waals surface area contributed by atoms with E-state index >= 15 is 0 Å². The van der Waals surface area contributed by atoms with E-state index in [4.69, 9.17) is 4.74 Å². The summed E-state index contributed by atoms with van der Waals surface area (Å²) in [5.74, 6) is 0.372. The van der Waals surface area contributed by atoms with E-state index in [1.165, 1.54) is 0 Å². The highest BCUT2D eigenvalue weighted by Crippen LogP contribution is 2.32. The molecule has 1 aromatic carbocycles. The van der Waals surface area contributed by atoms with Crippen molar-refractivity contribution in [2.45, 2.75) is 12.1 Å². The number of aromatic nitrogens is 3. The fourth-order valence-electron chi connectivity index (χ4n) is 1.70. The maximum atomic E-state index is 11.5. The lowest BCUT2D eigenvalue weighted by Crippen LogP contribution is -2.00. The largest absolute Gasteiger partial charge is 0.487 e. The fraction of sp³-hybridized carbons (Fsp3) is 0.133. The van der Waals surface area contributed by atoms with Crippen LogP contribution in [0.1, 0.15) is 11.4 Å². The number of rotatable bonds is 7. The molecule has 2 rings (SSSR count). The van der Waals surface area contributed by atoms with E-state index in [-0.39, 0.29) is 4.91 Å². The molecule has 9 heteroatoms. The molecule has 0 atom stereocenters. The number of aliphatic carboxylic acids is 1. The SMILES string of the molecule is C=CCOc1c(I)cc(/C=C(\Sc2n[nH]c(C)n2)C(=O)O)cc1I. The number of carboxylic acids is 1. The van der Waals surface area contributed by atoms with E-state index in [0.29, 0.717) is 17.6 Å². The van der Waals surface area contributed by atoms with Gasteiger partial charge in [-0.2, -0.15) is 0 Å². The molecule has 0 aliphatic heterocycles. The topological polar surface area (TPSA) is 88.1 Å². The third kappa shape index (κ3) is 5.21. The lowest BCUT2D eigenvalue weighted by molar-refractivity contribution is -0.131. The van der Waals surface area contributed by atoms with Gasteiger partial charge in [0.15, 0.2) is 0 Å². The van der Waals surface area contributed by atoms with Crippen LogP contribution in [0, 0.1) is 14.1 Å². The summed E-state index contributed by atoms with van der Waals surface area (Å²) in [6.45, 7) is 5.81. The molecule has 126 valence electrons. The molecule has 1 heterocycles. The second-order valence-electron chi connectivity index (χ2n) is 4.53.